The van der Waals surface area contributed by atoms with Crippen molar-refractivity contribution in [2.24, 2.45) is 5.92 Å². The highest BCUT2D eigenvalue weighted by atomic mass is 16.6. The standard InChI is InChI=1S/C24H36N4O4/c1-18(2)26(23(31)32-24(3,4)5)15-19-10-9-13-25(14-19)17-28-21(29)16-27(22(28)30)20-11-7-6-8-12-20/h6-8,11-12,18-19H,9-10,13-17H2,1-5H3. The van der Waals surface area contributed by atoms with Gasteiger partial charge in [0, 0.05) is 24.8 Å². The molecule has 2 saturated heterocycles. The summed E-state index contributed by atoms with van der Waals surface area (Å²) < 4.78 is 5.59. The van der Waals surface area contributed by atoms with Crippen LogP contribution in [0.4, 0.5) is 15.3 Å². The molecule has 2 aliphatic heterocycles. The summed E-state index contributed by atoms with van der Waals surface area (Å²) >= 11 is 0. The Bertz CT molecular complexity index is 821. The van der Waals surface area contributed by atoms with Crippen molar-refractivity contribution in [2.45, 2.75) is 59.1 Å². The fourth-order valence-corrected chi connectivity index (χ4v) is 4.21. The molecule has 4 amide bonds. The van der Waals surface area contributed by atoms with Crippen molar-refractivity contribution in [1.29, 1.82) is 0 Å². The van der Waals surface area contributed by atoms with Gasteiger partial charge in [-0.25, -0.2) is 14.5 Å². The van der Waals surface area contributed by atoms with Crippen molar-refractivity contribution in [3.05, 3.63) is 30.3 Å². The Hall–Kier alpha value is -2.61. The number of piperidine rings is 1. The van der Waals surface area contributed by atoms with E-state index in [9.17, 15) is 14.4 Å². The molecule has 1 aromatic rings. The summed E-state index contributed by atoms with van der Waals surface area (Å²) in [6.07, 6.45) is 1.66. The third-order valence-corrected chi connectivity index (χ3v) is 5.77. The molecular weight excluding hydrogens is 408 g/mol. The molecule has 2 fully saturated rings. The average Bonchev–Trinajstić information content (AvgIpc) is 3.00. The Labute approximate surface area is 191 Å². The third kappa shape index (κ3) is 6.00. The van der Waals surface area contributed by atoms with Gasteiger partial charge in [0.05, 0.1) is 6.67 Å². The van der Waals surface area contributed by atoms with Gasteiger partial charge >= 0.3 is 12.1 Å². The lowest BCUT2D eigenvalue weighted by molar-refractivity contribution is -0.126. The van der Waals surface area contributed by atoms with Gasteiger partial charge in [-0.2, -0.15) is 0 Å². The second kappa shape index (κ2) is 9.90. The maximum atomic E-state index is 12.9. The van der Waals surface area contributed by atoms with Crippen molar-refractivity contribution in [1.82, 2.24) is 14.7 Å². The number of hydrogen-bond acceptors (Lipinski definition) is 5. The molecule has 0 saturated carbocycles. The summed E-state index contributed by atoms with van der Waals surface area (Å²) in [5.74, 6) is 0.0789. The molecule has 2 heterocycles. The van der Waals surface area contributed by atoms with Gasteiger partial charge in [-0.05, 0) is 72.1 Å². The van der Waals surface area contributed by atoms with Gasteiger partial charge in [0.2, 0.25) is 0 Å². The number of para-hydroxylation sites is 1. The molecule has 1 unspecified atom stereocenters. The Balaban J connectivity index is 1.60. The van der Waals surface area contributed by atoms with Crippen molar-refractivity contribution < 1.29 is 19.1 Å². The number of hydrogen-bond donors (Lipinski definition) is 0. The second-order valence-electron chi connectivity index (χ2n) is 9.98. The summed E-state index contributed by atoms with van der Waals surface area (Å²) in [6.45, 7) is 12.1. The zero-order valence-electron chi connectivity index (χ0n) is 19.9. The number of carbonyl (C=O) groups is 3. The molecule has 0 N–H and O–H groups in total. The minimum Gasteiger partial charge on any atom is -0.444 e. The summed E-state index contributed by atoms with van der Waals surface area (Å²) in [4.78, 5) is 44.9. The highest BCUT2D eigenvalue weighted by Gasteiger charge is 2.38. The zero-order valence-corrected chi connectivity index (χ0v) is 19.9. The Morgan fingerprint density at radius 3 is 2.50 bits per heavy atom. The van der Waals surface area contributed by atoms with Crippen molar-refractivity contribution in [3.8, 4) is 0 Å². The van der Waals surface area contributed by atoms with Crippen molar-refractivity contribution in [2.75, 3.05) is 37.7 Å². The zero-order chi connectivity index (χ0) is 23.5. The second-order valence-corrected chi connectivity index (χ2v) is 9.98. The lowest BCUT2D eigenvalue weighted by Crippen LogP contribution is -2.50. The van der Waals surface area contributed by atoms with Crippen LogP contribution in [-0.4, -0.2) is 77.2 Å². The highest BCUT2D eigenvalue weighted by Crippen LogP contribution is 2.24. The molecule has 176 valence electrons. The fraction of sp³-hybridized carbons (Fsp3) is 0.625. The normalized spacial score (nSPS) is 20.2. The number of urea groups is 1. The van der Waals surface area contributed by atoms with E-state index in [-0.39, 0.29) is 43.2 Å². The predicted molar refractivity (Wildman–Crippen MR) is 123 cm³/mol. The molecule has 0 spiro atoms. The molecule has 0 aliphatic carbocycles. The summed E-state index contributed by atoms with van der Waals surface area (Å²) in [5, 5.41) is 0. The lowest BCUT2D eigenvalue weighted by Gasteiger charge is -2.38. The van der Waals surface area contributed by atoms with Gasteiger partial charge < -0.3 is 9.64 Å². The Morgan fingerprint density at radius 1 is 1.19 bits per heavy atom. The fourth-order valence-electron chi connectivity index (χ4n) is 4.21. The van der Waals surface area contributed by atoms with E-state index in [0.717, 1.165) is 31.6 Å². The van der Waals surface area contributed by atoms with Crippen LogP contribution in [0, 0.1) is 5.92 Å². The molecule has 0 radical (unpaired) electrons. The highest BCUT2D eigenvalue weighted by molar-refractivity contribution is 6.12. The molecule has 8 nitrogen and oxygen atoms in total. The number of amides is 4. The molecule has 1 atom stereocenters. The first-order valence-electron chi connectivity index (χ1n) is 11.4. The lowest BCUT2D eigenvalue weighted by atomic mass is 9.97. The SMILES string of the molecule is CC(C)N(CC1CCCN(CN2C(=O)CN(c3ccccc3)C2=O)C1)C(=O)OC(C)(C)C. The number of nitrogens with zero attached hydrogens (tertiary/aromatic N) is 4. The van der Waals surface area contributed by atoms with Crippen molar-refractivity contribution in [3.63, 3.8) is 0 Å². The van der Waals surface area contributed by atoms with E-state index < -0.39 is 5.60 Å². The van der Waals surface area contributed by atoms with Gasteiger partial charge in [-0.1, -0.05) is 18.2 Å². The van der Waals surface area contributed by atoms with Crippen molar-refractivity contribution >= 4 is 23.7 Å². The quantitative estimate of drug-likeness (QED) is 0.625. The van der Waals surface area contributed by atoms with E-state index >= 15 is 0 Å². The van der Waals surface area contributed by atoms with Gasteiger partial charge in [0.25, 0.3) is 5.91 Å². The first-order valence-corrected chi connectivity index (χ1v) is 11.4. The molecular formula is C24H36N4O4. The topological polar surface area (TPSA) is 73.4 Å². The number of carbonyl (C=O) groups excluding carboxylic acids is 3. The summed E-state index contributed by atoms with van der Waals surface area (Å²) in [5.41, 5.74) is 0.194. The number of rotatable bonds is 6. The minimum absolute atomic E-state index is 0.0291. The van der Waals surface area contributed by atoms with Crippen LogP contribution in [0.1, 0.15) is 47.5 Å². The maximum absolute atomic E-state index is 12.9. The van der Waals surface area contributed by atoms with Gasteiger partial charge in [-0.3, -0.25) is 14.6 Å². The third-order valence-electron chi connectivity index (χ3n) is 5.77. The number of likely N-dealkylation sites (tertiary alicyclic amines) is 1. The summed E-state index contributed by atoms with van der Waals surface area (Å²) in [6, 6.07) is 9.02. The first kappa shape index (κ1) is 24.0. The van der Waals surface area contributed by atoms with E-state index in [2.05, 4.69) is 4.90 Å². The maximum Gasteiger partial charge on any atom is 0.410 e. The van der Waals surface area contributed by atoms with E-state index in [4.69, 9.17) is 4.74 Å². The molecule has 0 aromatic heterocycles. The number of benzene rings is 1. The molecule has 3 rings (SSSR count). The number of anilines is 1. The molecule has 0 bridgehead atoms. The van der Waals surface area contributed by atoms with E-state index in [1.165, 1.54) is 9.80 Å². The average molecular weight is 445 g/mol. The van der Waals surface area contributed by atoms with Crippen LogP contribution in [0.15, 0.2) is 30.3 Å². The van der Waals surface area contributed by atoms with E-state index in [1.807, 2.05) is 65.0 Å². The minimum atomic E-state index is -0.538. The smallest absolute Gasteiger partial charge is 0.410 e. The van der Waals surface area contributed by atoms with Crippen LogP contribution in [0.3, 0.4) is 0 Å². The van der Waals surface area contributed by atoms with Gasteiger partial charge in [-0.15, -0.1) is 0 Å². The summed E-state index contributed by atoms with van der Waals surface area (Å²) in [7, 11) is 0. The van der Waals surface area contributed by atoms with Crippen LogP contribution >= 0.6 is 0 Å². The number of imide groups is 1. The largest absolute Gasteiger partial charge is 0.444 e. The predicted octanol–water partition coefficient (Wildman–Crippen LogP) is 3.77. The van der Waals surface area contributed by atoms with E-state index in [1.54, 1.807) is 4.90 Å². The van der Waals surface area contributed by atoms with Crippen LogP contribution in [0.2, 0.25) is 0 Å². The van der Waals surface area contributed by atoms with Crippen LogP contribution in [0.25, 0.3) is 0 Å². The number of ether oxygens (including phenoxy) is 1. The van der Waals surface area contributed by atoms with E-state index in [0.29, 0.717) is 6.54 Å². The van der Waals surface area contributed by atoms with Gasteiger partial charge in [0.1, 0.15) is 12.1 Å². The van der Waals surface area contributed by atoms with Crippen LogP contribution in [0.5, 0.6) is 0 Å². The van der Waals surface area contributed by atoms with Gasteiger partial charge in [0.15, 0.2) is 0 Å². The Morgan fingerprint density at radius 2 is 1.88 bits per heavy atom. The molecule has 1 aromatic carbocycles. The molecule has 8 heteroatoms. The monoisotopic (exact) mass is 444 g/mol. The molecule has 2 aliphatic rings. The first-order chi connectivity index (χ1) is 15.0. The Kier molecular flexibility index (Phi) is 7.44. The molecule has 32 heavy (non-hydrogen) atoms. The van der Waals surface area contributed by atoms with Crippen LogP contribution in [-0.2, 0) is 9.53 Å². The van der Waals surface area contributed by atoms with Crippen LogP contribution < -0.4 is 4.90 Å².